The third-order valence-electron chi connectivity index (χ3n) is 7.99. The highest BCUT2D eigenvalue weighted by atomic mass is 35.5. The number of fused-ring (bicyclic) bond motifs is 1. The van der Waals surface area contributed by atoms with Crippen molar-refractivity contribution >= 4 is 44.8 Å². The van der Waals surface area contributed by atoms with Crippen LogP contribution in [0.15, 0.2) is 72.8 Å². The maximum Gasteiger partial charge on any atom is 0.245 e. The molecule has 0 aliphatic carbocycles. The van der Waals surface area contributed by atoms with Gasteiger partial charge in [0.05, 0.1) is 17.6 Å². The summed E-state index contributed by atoms with van der Waals surface area (Å²) in [6.45, 7) is 2.61. The number of piperazine rings is 1. The van der Waals surface area contributed by atoms with Crippen LogP contribution in [0.2, 0.25) is 5.02 Å². The van der Waals surface area contributed by atoms with E-state index in [9.17, 15) is 18.0 Å². The number of nitrogens with zero attached hydrogens (tertiary/aromatic N) is 3. The van der Waals surface area contributed by atoms with Crippen molar-refractivity contribution in [3.8, 4) is 0 Å². The average Bonchev–Trinajstić information content (AvgIpc) is 3.00. The summed E-state index contributed by atoms with van der Waals surface area (Å²) in [6.07, 6.45) is 2.36. The van der Waals surface area contributed by atoms with Crippen LogP contribution in [-0.4, -0.2) is 77.2 Å². The van der Waals surface area contributed by atoms with E-state index in [1.165, 1.54) is 17.6 Å². The molecule has 3 aromatic rings. The molecule has 222 valence electrons. The Balaban J connectivity index is 1.32. The van der Waals surface area contributed by atoms with Crippen molar-refractivity contribution in [3.63, 3.8) is 0 Å². The van der Waals surface area contributed by atoms with Crippen LogP contribution < -0.4 is 19.8 Å². The number of sulfonamides is 1. The number of carbonyl (C=O) groups is 2. The first-order valence-corrected chi connectivity index (χ1v) is 16.3. The van der Waals surface area contributed by atoms with Gasteiger partial charge in [-0.1, -0.05) is 60.1 Å². The van der Waals surface area contributed by atoms with Gasteiger partial charge in [0.1, 0.15) is 12.1 Å². The van der Waals surface area contributed by atoms with E-state index in [-0.39, 0.29) is 11.8 Å². The molecule has 0 radical (unpaired) electrons. The van der Waals surface area contributed by atoms with Crippen LogP contribution in [0.4, 0.5) is 11.4 Å². The monoisotopic (exact) mass is 609 g/mol. The number of halogens is 1. The molecule has 11 heteroatoms. The van der Waals surface area contributed by atoms with Gasteiger partial charge in [-0.15, -0.1) is 0 Å². The minimum absolute atomic E-state index is 0.149. The average molecular weight is 610 g/mol. The normalized spacial score (nSPS) is 17.7. The lowest BCUT2D eigenvalue weighted by molar-refractivity contribution is -0.137. The third kappa shape index (κ3) is 6.72. The van der Waals surface area contributed by atoms with Crippen LogP contribution in [0.1, 0.15) is 22.7 Å². The third-order valence-corrected chi connectivity index (χ3v) is 9.43. The molecule has 2 atom stereocenters. The molecule has 1 saturated heterocycles. The van der Waals surface area contributed by atoms with Gasteiger partial charge < -0.3 is 20.4 Å². The lowest BCUT2D eigenvalue weighted by Gasteiger charge is -2.39. The summed E-state index contributed by atoms with van der Waals surface area (Å²) in [4.78, 5) is 31.4. The van der Waals surface area contributed by atoms with Crippen molar-refractivity contribution in [1.29, 1.82) is 0 Å². The van der Waals surface area contributed by atoms with Crippen LogP contribution >= 0.6 is 11.6 Å². The quantitative estimate of drug-likeness (QED) is 0.407. The van der Waals surface area contributed by atoms with Gasteiger partial charge in [0.2, 0.25) is 21.8 Å². The summed E-state index contributed by atoms with van der Waals surface area (Å²) in [5, 5.41) is 6.97. The fraction of sp³-hybridized carbons (Fsp3) is 0.355. The Labute approximate surface area is 252 Å². The van der Waals surface area contributed by atoms with Crippen LogP contribution in [0, 0.1) is 0 Å². The van der Waals surface area contributed by atoms with E-state index in [0.29, 0.717) is 49.9 Å². The molecule has 0 saturated carbocycles. The minimum Gasteiger partial charge on any atom is -0.366 e. The van der Waals surface area contributed by atoms with Gasteiger partial charge >= 0.3 is 0 Å². The molecule has 5 rings (SSSR count). The highest BCUT2D eigenvalue weighted by Gasteiger charge is 2.33. The van der Waals surface area contributed by atoms with Crippen molar-refractivity contribution in [2.45, 2.75) is 24.9 Å². The molecule has 2 amide bonds. The summed E-state index contributed by atoms with van der Waals surface area (Å²) >= 11 is 6.09. The van der Waals surface area contributed by atoms with Crippen LogP contribution in [0.3, 0.4) is 0 Å². The predicted molar refractivity (Wildman–Crippen MR) is 166 cm³/mol. The van der Waals surface area contributed by atoms with Gasteiger partial charge in [0, 0.05) is 51.2 Å². The molecule has 1 unspecified atom stereocenters. The largest absolute Gasteiger partial charge is 0.366 e. The second kappa shape index (κ2) is 12.7. The highest BCUT2D eigenvalue weighted by Crippen LogP contribution is 2.31. The molecule has 1 fully saturated rings. The van der Waals surface area contributed by atoms with Crippen LogP contribution in [0.5, 0.6) is 0 Å². The Kier molecular flexibility index (Phi) is 9.05. The Morgan fingerprint density at radius 3 is 2.38 bits per heavy atom. The molecule has 3 aromatic carbocycles. The number of para-hydroxylation sites is 2. The van der Waals surface area contributed by atoms with E-state index in [2.05, 4.69) is 15.5 Å². The number of hydrogen-bond donors (Lipinski definition) is 2. The zero-order valence-electron chi connectivity index (χ0n) is 23.8. The summed E-state index contributed by atoms with van der Waals surface area (Å²) in [7, 11) is -1.90. The maximum absolute atomic E-state index is 13.9. The molecule has 42 heavy (non-hydrogen) atoms. The smallest absolute Gasteiger partial charge is 0.245 e. The number of carbonyl (C=O) groups excluding carboxylic acids is 2. The molecule has 0 bridgehead atoms. The predicted octanol–water partition coefficient (Wildman–Crippen LogP) is 3.00. The van der Waals surface area contributed by atoms with Gasteiger partial charge in [-0.05, 0) is 47.4 Å². The van der Waals surface area contributed by atoms with E-state index in [1.807, 2.05) is 54.6 Å². The Hall–Kier alpha value is -3.60. The van der Waals surface area contributed by atoms with Gasteiger partial charge in [-0.25, -0.2) is 8.42 Å². The van der Waals surface area contributed by atoms with Crippen molar-refractivity contribution in [2.24, 2.45) is 0 Å². The second-order valence-electron chi connectivity index (χ2n) is 10.8. The zero-order valence-corrected chi connectivity index (χ0v) is 25.4. The maximum atomic E-state index is 13.9. The molecule has 2 aliphatic heterocycles. The summed E-state index contributed by atoms with van der Waals surface area (Å²) in [5.74, 6) is -0.380. The number of amides is 2. The van der Waals surface area contributed by atoms with Gasteiger partial charge in [-0.3, -0.25) is 13.9 Å². The number of rotatable bonds is 8. The number of nitrogens with one attached hydrogen (secondary N) is 2. The number of anilines is 2. The zero-order chi connectivity index (χ0) is 29.9. The lowest BCUT2D eigenvalue weighted by Crippen LogP contribution is -2.57. The van der Waals surface area contributed by atoms with Crippen LogP contribution in [-0.2, 0) is 32.5 Å². The van der Waals surface area contributed by atoms with Crippen molar-refractivity contribution in [2.75, 3.05) is 55.2 Å². The fourth-order valence-electron chi connectivity index (χ4n) is 5.61. The fourth-order valence-corrected chi connectivity index (χ4v) is 6.25. The summed E-state index contributed by atoms with van der Waals surface area (Å²) in [5.41, 5.74) is 4.35. The van der Waals surface area contributed by atoms with Gasteiger partial charge in [0.15, 0.2) is 0 Å². The molecule has 0 spiro atoms. The summed E-state index contributed by atoms with van der Waals surface area (Å²) in [6, 6.07) is 21.3. The van der Waals surface area contributed by atoms with E-state index < -0.39 is 22.1 Å². The van der Waals surface area contributed by atoms with Crippen LogP contribution in [0.25, 0.3) is 0 Å². The first-order chi connectivity index (χ1) is 20.1. The minimum atomic E-state index is -3.44. The van der Waals surface area contributed by atoms with Crippen molar-refractivity contribution < 1.29 is 18.0 Å². The molecular formula is C31H36ClN5O4S. The molecule has 0 aromatic heterocycles. The van der Waals surface area contributed by atoms with Crippen molar-refractivity contribution in [3.05, 3.63) is 94.5 Å². The van der Waals surface area contributed by atoms with E-state index in [4.69, 9.17) is 11.6 Å². The van der Waals surface area contributed by atoms with Gasteiger partial charge in [0.25, 0.3) is 0 Å². The second-order valence-corrected chi connectivity index (χ2v) is 13.2. The van der Waals surface area contributed by atoms with Gasteiger partial charge in [-0.2, -0.15) is 0 Å². The Bertz CT molecular complexity index is 1540. The topological polar surface area (TPSA) is 102 Å². The molecule has 9 nitrogen and oxygen atoms in total. The number of hydrogen-bond acceptors (Lipinski definition) is 6. The Morgan fingerprint density at radius 1 is 1.00 bits per heavy atom. The van der Waals surface area contributed by atoms with Crippen molar-refractivity contribution in [1.82, 2.24) is 15.5 Å². The highest BCUT2D eigenvalue weighted by molar-refractivity contribution is 7.92. The van der Waals surface area contributed by atoms with E-state index in [0.717, 1.165) is 28.8 Å². The Morgan fingerprint density at radius 2 is 1.67 bits per heavy atom. The molecule has 2 aliphatic rings. The summed E-state index contributed by atoms with van der Waals surface area (Å²) < 4.78 is 25.7. The standard InChI is InChI=1S/C31H36ClN5O4S/c1-35(42(2,40)41)27-9-5-6-10-28(27)36-17-19-37(20-18-36)31(39)26(21-22-11-13-24(32)14-12-22)34-30(38)29-25-8-4-3-7-23(25)15-16-33-29/h3-14,26,29,33H,15-21H2,1-2H3,(H,34,38)/t26-,29?/m1/s1. The first kappa shape index (κ1) is 29.9. The van der Waals surface area contributed by atoms with E-state index >= 15 is 0 Å². The first-order valence-electron chi connectivity index (χ1n) is 14.0. The van der Waals surface area contributed by atoms with E-state index in [1.54, 1.807) is 23.1 Å². The molecule has 2 N–H and O–H groups in total. The lowest BCUT2D eigenvalue weighted by atomic mass is 9.93. The molecule has 2 heterocycles. The SMILES string of the molecule is CN(c1ccccc1N1CCN(C(=O)[C@@H](Cc2ccc(Cl)cc2)NC(=O)C2NCCc3ccccc32)CC1)S(C)(=O)=O. The molecular weight excluding hydrogens is 574 g/mol. The number of benzene rings is 3.